The van der Waals surface area contributed by atoms with E-state index in [-0.39, 0.29) is 41.0 Å². The van der Waals surface area contributed by atoms with E-state index in [2.05, 4.69) is 58.3 Å². The van der Waals surface area contributed by atoms with E-state index in [1.807, 2.05) is 81.2 Å². The number of hydrogen-bond donors (Lipinski definition) is 4. The second kappa shape index (κ2) is 21.0. The zero-order valence-corrected chi connectivity index (χ0v) is 42.4. The average Bonchev–Trinajstić information content (AvgIpc) is 3.76. The van der Waals surface area contributed by atoms with Crippen LogP contribution in [0.15, 0.2) is 89.9 Å². The number of aromatic amines is 1. The Morgan fingerprint density at radius 3 is 2.23 bits per heavy atom. The van der Waals surface area contributed by atoms with Crippen molar-refractivity contribution >= 4 is 46.3 Å². The van der Waals surface area contributed by atoms with Gasteiger partial charge < -0.3 is 39.9 Å². The van der Waals surface area contributed by atoms with Gasteiger partial charge >= 0.3 is 5.69 Å². The summed E-state index contributed by atoms with van der Waals surface area (Å²) in [7, 11) is 3.64. The fraction of sp³-hybridized carbons (Fsp3) is 0.418. The van der Waals surface area contributed by atoms with Crippen molar-refractivity contribution in [3.05, 3.63) is 112 Å². The van der Waals surface area contributed by atoms with Gasteiger partial charge in [0.1, 0.15) is 22.9 Å². The number of rotatable bonds is 13. The number of phenols is 2. The lowest BCUT2D eigenvalue weighted by Crippen LogP contribution is -2.54. The SMILES string of the molecule is CCOc1cc(N2CCC(C(=O)N3CCN(CN4CCC(Cc5ccc(-n6c(-c7cc(C(C)C)c(O)cc7O)n[nH]c6=O)cc5)CC4)CC3)CC2)ccc1Nc1ncc2c(n1)N(C)c1ccccc1C(=O)N2C. The molecule has 0 saturated carbocycles. The van der Waals surface area contributed by atoms with E-state index < -0.39 is 5.69 Å². The number of nitrogens with one attached hydrogen (secondary N) is 2. The number of hydrogen-bond acceptors (Lipinski definition) is 14. The number of amides is 2. The summed E-state index contributed by atoms with van der Waals surface area (Å²) in [5, 5.41) is 31.2. The first-order chi connectivity index (χ1) is 35.3. The summed E-state index contributed by atoms with van der Waals surface area (Å²) in [6.07, 6.45) is 6.45. The number of likely N-dealkylation sites (tertiary alicyclic amines) is 1. The monoisotopic (exact) mass is 991 g/mol. The third kappa shape index (κ3) is 10.2. The van der Waals surface area contributed by atoms with Gasteiger partial charge in [-0.2, -0.15) is 10.1 Å². The number of H-pyrrole nitrogens is 1. The molecule has 73 heavy (non-hydrogen) atoms. The molecule has 6 aromatic rings. The second-order valence-corrected chi connectivity index (χ2v) is 20.1. The Bertz CT molecular complexity index is 3020. The van der Waals surface area contributed by atoms with Crippen molar-refractivity contribution in [2.75, 3.05) is 99.7 Å². The highest BCUT2D eigenvalue weighted by Crippen LogP contribution is 2.41. The minimum absolute atomic E-state index is 0.00558. The molecule has 0 bridgehead atoms. The number of nitrogens with zero attached hydrogens (tertiary/aromatic N) is 10. The average molecular weight is 991 g/mol. The van der Waals surface area contributed by atoms with Crippen LogP contribution < -0.4 is 30.4 Å². The number of phenolic OH excluding ortho intramolecular Hbond substituents is 2. The molecule has 3 saturated heterocycles. The van der Waals surface area contributed by atoms with Gasteiger partial charge in [-0.3, -0.25) is 19.4 Å². The second-order valence-electron chi connectivity index (χ2n) is 20.1. The van der Waals surface area contributed by atoms with E-state index in [0.29, 0.717) is 58.1 Å². The number of para-hydroxylation sites is 1. The van der Waals surface area contributed by atoms with E-state index in [1.54, 1.807) is 24.2 Å². The molecule has 10 rings (SSSR count). The van der Waals surface area contributed by atoms with Crippen molar-refractivity contribution in [3.8, 4) is 34.3 Å². The van der Waals surface area contributed by atoms with Gasteiger partial charge in [-0.05, 0) is 118 Å². The largest absolute Gasteiger partial charge is 0.508 e. The number of carbonyl (C=O) groups is 2. The summed E-state index contributed by atoms with van der Waals surface area (Å²) in [5.41, 5.74) is 6.25. The minimum atomic E-state index is -0.407. The lowest BCUT2D eigenvalue weighted by atomic mass is 9.90. The molecule has 0 spiro atoms. The zero-order chi connectivity index (χ0) is 50.9. The Kier molecular flexibility index (Phi) is 14.1. The molecule has 0 radical (unpaired) electrons. The molecule has 4 aromatic carbocycles. The zero-order valence-electron chi connectivity index (χ0n) is 42.4. The number of carbonyl (C=O) groups excluding carboxylic acids is 2. The number of ether oxygens (including phenoxy) is 1. The van der Waals surface area contributed by atoms with Gasteiger partial charge in [0, 0.05) is 77.1 Å². The van der Waals surface area contributed by atoms with Crippen molar-refractivity contribution in [2.24, 2.45) is 11.8 Å². The van der Waals surface area contributed by atoms with E-state index in [4.69, 9.17) is 9.72 Å². The third-order valence-corrected chi connectivity index (χ3v) is 15.1. The highest BCUT2D eigenvalue weighted by Gasteiger charge is 2.33. The molecule has 4 aliphatic heterocycles. The highest BCUT2D eigenvalue weighted by atomic mass is 16.5. The van der Waals surface area contributed by atoms with E-state index in [1.165, 1.54) is 16.2 Å². The number of piperazine rings is 1. The fourth-order valence-electron chi connectivity index (χ4n) is 10.9. The Balaban J connectivity index is 0.673. The van der Waals surface area contributed by atoms with Crippen molar-refractivity contribution in [1.82, 2.24) is 39.4 Å². The van der Waals surface area contributed by atoms with E-state index in [0.717, 1.165) is 108 Å². The van der Waals surface area contributed by atoms with Crippen LogP contribution in [0.3, 0.4) is 0 Å². The van der Waals surface area contributed by atoms with Crippen LogP contribution in [-0.4, -0.2) is 141 Å². The summed E-state index contributed by atoms with van der Waals surface area (Å²) < 4.78 is 7.59. The Labute approximate surface area is 425 Å². The summed E-state index contributed by atoms with van der Waals surface area (Å²) in [6, 6.07) is 24.6. The molecule has 3 fully saturated rings. The van der Waals surface area contributed by atoms with Crippen molar-refractivity contribution in [1.29, 1.82) is 0 Å². The molecule has 0 aliphatic carbocycles. The normalized spacial score (nSPS) is 17.2. The van der Waals surface area contributed by atoms with Gasteiger partial charge in [0.25, 0.3) is 5.91 Å². The van der Waals surface area contributed by atoms with Crippen LogP contribution in [0.25, 0.3) is 17.1 Å². The van der Waals surface area contributed by atoms with Gasteiger partial charge in [-0.1, -0.05) is 38.1 Å². The molecule has 0 atom stereocenters. The molecule has 18 nitrogen and oxygen atoms in total. The highest BCUT2D eigenvalue weighted by molar-refractivity contribution is 6.13. The van der Waals surface area contributed by atoms with Crippen molar-refractivity contribution in [3.63, 3.8) is 0 Å². The molecule has 0 unspecified atom stereocenters. The van der Waals surface area contributed by atoms with Crippen LogP contribution in [0.1, 0.15) is 73.9 Å². The molecule has 4 aliphatic rings. The van der Waals surface area contributed by atoms with Crippen LogP contribution in [0, 0.1) is 11.8 Å². The Morgan fingerprint density at radius 1 is 0.795 bits per heavy atom. The first-order valence-electron chi connectivity index (χ1n) is 25.7. The number of fused-ring (bicyclic) bond motifs is 2. The van der Waals surface area contributed by atoms with E-state index in [9.17, 15) is 24.6 Å². The van der Waals surface area contributed by atoms with Crippen LogP contribution in [0.4, 0.5) is 34.5 Å². The quantitative estimate of drug-likeness (QED) is 0.0900. The Hall–Kier alpha value is -7.44. The third-order valence-electron chi connectivity index (χ3n) is 15.1. The van der Waals surface area contributed by atoms with Crippen LogP contribution in [-0.2, 0) is 11.2 Å². The first kappa shape index (κ1) is 49.2. The summed E-state index contributed by atoms with van der Waals surface area (Å²) in [6.45, 7) is 14.2. The maximum Gasteiger partial charge on any atom is 0.348 e. The molecule has 6 heterocycles. The van der Waals surface area contributed by atoms with Gasteiger partial charge in [0.05, 0.1) is 47.7 Å². The minimum Gasteiger partial charge on any atom is -0.508 e. The number of benzene rings is 4. The number of aromatic hydroxyl groups is 2. The maximum atomic E-state index is 13.9. The molecular formula is C55H66N12O6. The molecular weight excluding hydrogens is 925 g/mol. The number of anilines is 6. The van der Waals surface area contributed by atoms with Crippen molar-refractivity contribution in [2.45, 2.75) is 58.8 Å². The van der Waals surface area contributed by atoms with Gasteiger partial charge in [-0.25, -0.2) is 19.4 Å². The lowest BCUT2D eigenvalue weighted by Gasteiger charge is -2.41. The Morgan fingerprint density at radius 2 is 1.51 bits per heavy atom. The van der Waals surface area contributed by atoms with Gasteiger partial charge in [0.2, 0.25) is 11.9 Å². The predicted molar refractivity (Wildman–Crippen MR) is 283 cm³/mol. The van der Waals surface area contributed by atoms with Crippen LogP contribution in [0.5, 0.6) is 17.2 Å². The summed E-state index contributed by atoms with van der Waals surface area (Å²) in [4.78, 5) is 62.5. The molecule has 2 amide bonds. The lowest BCUT2D eigenvalue weighted by molar-refractivity contribution is -0.138. The van der Waals surface area contributed by atoms with Crippen LogP contribution >= 0.6 is 0 Å². The first-order valence-corrected chi connectivity index (χ1v) is 25.7. The predicted octanol–water partition coefficient (Wildman–Crippen LogP) is 7.33. The summed E-state index contributed by atoms with van der Waals surface area (Å²) >= 11 is 0. The van der Waals surface area contributed by atoms with E-state index >= 15 is 0 Å². The van der Waals surface area contributed by atoms with Gasteiger partial charge in [0.15, 0.2) is 11.6 Å². The topological polar surface area (TPSA) is 192 Å². The molecule has 2 aromatic heterocycles. The number of piperidine rings is 2. The van der Waals surface area contributed by atoms with Crippen LogP contribution in [0.2, 0.25) is 0 Å². The van der Waals surface area contributed by atoms with Crippen molar-refractivity contribution < 1.29 is 24.5 Å². The maximum absolute atomic E-state index is 13.9. The molecule has 382 valence electrons. The number of aromatic nitrogens is 5. The van der Waals surface area contributed by atoms with Gasteiger partial charge in [-0.15, -0.1) is 0 Å². The smallest absolute Gasteiger partial charge is 0.348 e. The summed E-state index contributed by atoms with van der Waals surface area (Å²) in [5.74, 6) is 2.57. The standard InChI is InChI=1S/C55H66N12O6/c1-6-73-49-30-40(15-16-44(49)57-54-56-33-46-51(58-54)61(4)45-10-8-7-9-41(45)53(71)62(46)5)65-23-19-38(20-24-65)52(70)66-27-25-64(26-28-66)34-63-21-17-37(18-22-63)29-36-11-13-39(14-12-36)67-50(59-60-55(67)72)43-31-42(35(2)3)47(68)32-48(43)69/h7-16,30-33,35,37-38,68-69H,6,17-29,34H2,1-5H3,(H,60,72)(H,56,57,58). The molecule has 4 N–H and O–H groups in total. The fourth-order valence-corrected chi connectivity index (χ4v) is 10.9. The molecule has 18 heteroatoms.